The van der Waals surface area contributed by atoms with Crippen LogP contribution in [0.3, 0.4) is 0 Å². The van der Waals surface area contributed by atoms with Crippen molar-refractivity contribution in [1.29, 1.82) is 0 Å². The molecule has 5 N–H and O–H groups in total. The number of fused-ring (bicyclic) bond motifs is 1. The number of nitro benzene ring substituents is 1. The van der Waals surface area contributed by atoms with Crippen LogP contribution in [0.2, 0.25) is 5.02 Å². The number of likely N-dealkylation sites (tertiary alicyclic amines) is 2. The molecule has 2 saturated heterocycles. The molecule has 682 valence electrons. The number of methoxy groups -OCH3 is 2. The number of hydrogen-bond acceptors (Lipinski definition) is 19. The maximum atomic E-state index is 11.7. The molecule has 10 aromatic rings. The van der Waals surface area contributed by atoms with Crippen molar-refractivity contribution in [2.75, 3.05) is 90.0 Å². The molecule has 5 heterocycles. The van der Waals surface area contributed by atoms with Gasteiger partial charge in [-0.25, -0.2) is 4.99 Å². The summed E-state index contributed by atoms with van der Waals surface area (Å²) < 4.78 is 26.3. The number of nitrogens with one attached hydrogen (secondary N) is 5. The molecule has 9 aromatic carbocycles. The summed E-state index contributed by atoms with van der Waals surface area (Å²) in [6.45, 7) is 15.0. The molecular formula is C105H130ClN13O9S. The van der Waals surface area contributed by atoms with E-state index in [1.807, 2.05) is 66.7 Å². The first kappa shape index (κ1) is 98.0. The zero-order valence-corrected chi connectivity index (χ0v) is 77.6. The second-order valence-electron chi connectivity index (χ2n) is 33.5. The van der Waals surface area contributed by atoms with Crippen LogP contribution in [0.5, 0.6) is 23.0 Å². The Labute approximate surface area is 773 Å². The molecule has 24 heteroatoms. The summed E-state index contributed by atoms with van der Waals surface area (Å²) in [6, 6.07) is 81.9. The van der Waals surface area contributed by atoms with Gasteiger partial charge in [-0.1, -0.05) is 234 Å². The number of nitrogens with zero attached hydrogens (tertiary/aromatic N) is 8. The van der Waals surface area contributed by atoms with Crippen LogP contribution in [0.15, 0.2) is 269 Å². The number of rotatable bonds is 28. The third-order valence-corrected chi connectivity index (χ3v) is 24.6. The molecule has 2 aliphatic carbocycles. The fraction of sp³-hybridized carbons (Fsp3) is 0.390. The lowest BCUT2D eigenvalue weighted by Crippen LogP contribution is -2.43. The van der Waals surface area contributed by atoms with E-state index < -0.39 is 0 Å². The van der Waals surface area contributed by atoms with E-state index in [0.29, 0.717) is 55.1 Å². The number of carbonyl (C=O) groups excluding carboxylic acids is 2. The molecule has 4 aliphatic heterocycles. The average Bonchev–Trinajstić information content (AvgIpc) is 1.23. The Morgan fingerprint density at radius 2 is 1.29 bits per heavy atom. The quantitative estimate of drug-likeness (QED) is 0.0174. The largest absolute Gasteiger partial charge is 0.493 e. The van der Waals surface area contributed by atoms with E-state index in [-0.39, 0.29) is 45.3 Å². The van der Waals surface area contributed by atoms with Crippen LogP contribution in [-0.4, -0.2) is 135 Å². The number of nitro groups is 1. The number of piperidine rings is 2. The van der Waals surface area contributed by atoms with Crippen LogP contribution in [0.25, 0.3) is 6.08 Å². The summed E-state index contributed by atoms with van der Waals surface area (Å²) in [5, 5.41) is 35.7. The van der Waals surface area contributed by atoms with Gasteiger partial charge in [-0.05, 0) is 233 Å². The number of ether oxygens (including phenoxy) is 4. The van der Waals surface area contributed by atoms with Gasteiger partial charge in [0, 0.05) is 98.0 Å². The Balaban J connectivity index is 0.000000151. The normalized spacial score (nSPS) is 16.8. The van der Waals surface area contributed by atoms with E-state index in [4.69, 9.17) is 47.2 Å². The minimum Gasteiger partial charge on any atom is -0.493 e. The van der Waals surface area contributed by atoms with Gasteiger partial charge in [0.2, 0.25) is 18.7 Å². The molecule has 22 nitrogen and oxygen atoms in total. The molecule has 4 fully saturated rings. The van der Waals surface area contributed by atoms with Crippen molar-refractivity contribution < 1.29 is 37.9 Å². The fourth-order valence-corrected chi connectivity index (χ4v) is 17.2. The molecule has 0 bridgehead atoms. The summed E-state index contributed by atoms with van der Waals surface area (Å²) in [5.74, 6) is 3.73. The van der Waals surface area contributed by atoms with Crippen LogP contribution < -0.4 is 50.4 Å². The molecule has 2 unspecified atom stereocenters. The SMILES string of the molecule is CCC1CCCCN1C/C=C/c1ccc(N(C)C)cc1.CCCCN(Cc1ccccc1)Cc1cc(OC)c(OC)cc1[N+](=O)[O-].CCc1ccc(NC(=S)NC(=O)c2ccco2)cc1.Clc1ccc(C(NC2CCN(Cc3ccccc3)CC2)c2ccccc2)cc1.O=C(NC1=NCN=N1)C1CCCCC1.c1ccc(C2CCC(Nc3ccc4c(c3)OCO4)CC2)cc1. The second-order valence-corrected chi connectivity index (χ2v) is 34.3. The molecule has 0 spiro atoms. The number of halogens is 1. The maximum absolute atomic E-state index is 11.7. The molecule has 16 rings (SSSR count). The highest BCUT2D eigenvalue weighted by Crippen LogP contribution is 2.39. The first-order chi connectivity index (χ1) is 63.0. The van der Waals surface area contributed by atoms with Crippen LogP contribution in [-0.2, 0) is 30.8 Å². The lowest BCUT2D eigenvalue weighted by Gasteiger charge is -2.35. The van der Waals surface area contributed by atoms with Crippen molar-refractivity contribution in [2.24, 2.45) is 21.1 Å². The van der Waals surface area contributed by atoms with Crippen molar-refractivity contribution in [3.8, 4) is 23.0 Å². The van der Waals surface area contributed by atoms with Gasteiger partial charge in [0.05, 0.1) is 37.5 Å². The van der Waals surface area contributed by atoms with E-state index >= 15 is 0 Å². The second kappa shape index (κ2) is 53.4. The highest BCUT2D eigenvalue weighted by atomic mass is 35.5. The number of unbranched alkanes of at least 4 members (excludes halogenated alkanes) is 1. The van der Waals surface area contributed by atoms with Gasteiger partial charge < -0.3 is 44.2 Å². The number of hydrogen-bond donors (Lipinski definition) is 5. The van der Waals surface area contributed by atoms with Crippen molar-refractivity contribution in [3.05, 3.63) is 314 Å². The van der Waals surface area contributed by atoms with Crippen molar-refractivity contribution in [3.63, 3.8) is 0 Å². The smallest absolute Gasteiger partial charge is 0.293 e. The Bertz CT molecular complexity index is 5080. The number of carbonyl (C=O) groups is 2. The van der Waals surface area contributed by atoms with E-state index in [1.165, 1.54) is 148 Å². The summed E-state index contributed by atoms with van der Waals surface area (Å²) >= 11 is 11.2. The zero-order valence-electron chi connectivity index (χ0n) is 76.0. The van der Waals surface area contributed by atoms with Crippen molar-refractivity contribution in [2.45, 2.75) is 186 Å². The van der Waals surface area contributed by atoms with Crippen molar-refractivity contribution >= 4 is 75.5 Å². The minimum absolute atomic E-state index is 0.0530. The predicted molar refractivity (Wildman–Crippen MR) is 526 cm³/mol. The van der Waals surface area contributed by atoms with Gasteiger partial charge in [0.15, 0.2) is 40.5 Å². The van der Waals surface area contributed by atoms with E-state index in [1.54, 1.807) is 18.2 Å². The first-order valence-electron chi connectivity index (χ1n) is 45.8. The summed E-state index contributed by atoms with van der Waals surface area (Å²) in [6.07, 6.45) is 27.4. The van der Waals surface area contributed by atoms with E-state index in [0.717, 1.165) is 124 Å². The Hall–Kier alpha value is -11.6. The topological polar surface area (TPSA) is 238 Å². The highest BCUT2D eigenvalue weighted by Gasteiger charge is 2.28. The van der Waals surface area contributed by atoms with E-state index in [2.05, 4.69) is 254 Å². The van der Waals surface area contributed by atoms with Crippen LogP contribution >= 0.6 is 23.8 Å². The average molecular weight is 1790 g/mol. The lowest BCUT2D eigenvalue weighted by atomic mass is 9.82. The Kier molecular flexibility index (Phi) is 40.6. The van der Waals surface area contributed by atoms with Gasteiger partial charge in [0.1, 0.15) is 0 Å². The standard InChI is InChI=1S/C25H27ClN2.C20H26N2O4.C19H21NO2.C18H28N2.C14H14N2O2S.C9H14N4O/c26-23-13-11-22(12-14-23)25(21-9-5-2-6-10-21)27-24-15-17-28(18-16-24)19-20-7-3-1-4-8-20;1-4-5-11-21(14-16-9-7-6-8-10-16)15-17-12-19(25-2)20(26-3)13-18(17)22(23)24;1-2-4-14(5-3-1)15-6-8-16(9-7-15)20-17-10-11-18-19(12-17)22-13-21-18;1-4-17-9-5-6-14-20(17)15-7-8-16-10-12-18(13-11-16)19(2)3;1-2-10-5-7-11(8-6-10)15-14(19)16-13(17)12-4-3-9-18-12;14-8(7-4-2-1-3-5-7)12-9-10-6-11-13-9/h1-14,24-25,27H,15-19H2;6-10,12-13H,4-5,11,14-15H2,1-3H3;1-5,10-12,15-16,20H,6-9,13H2;7-8,10-13,17H,4-6,9,14-15H2,1-3H3;3-9H,2H2,1H3,(H2,15,16,17,19);7H,1-6H2,(H,10,12,14)/b;;;8-7+;;. The van der Waals surface area contributed by atoms with Crippen LogP contribution in [0, 0.1) is 16.0 Å². The number of aryl methyl sites for hydroxylation is 1. The molecule has 129 heavy (non-hydrogen) atoms. The molecule has 0 radical (unpaired) electrons. The predicted octanol–water partition coefficient (Wildman–Crippen LogP) is 23.1. The molecule has 2 atom stereocenters. The molecule has 2 amide bonds. The number of aliphatic imine (C=N–C) groups is 1. The summed E-state index contributed by atoms with van der Waals surface area (Å²) in [7, 11) is 7.16. The monoisotopic (exact) mass is 1780 g/mol. The third-order valence-electron chi connectivity index (χ3n) is 24.1. The lowest BCUT2D eigenvalue weighted by molar-refractivity contribution is -0.385. The van der Waals surface area contributed by atoms with Gasteiger partial charge >= 0.3 is 0 Å². The van der Waals surface area contributed by atoms with Gasteiger partial charge in [-0.3, -0.25) is 45.0 Å². The first-order valence-corrected chi connectivity index (χ1v) is 46.6. The fourth-order valence-electron chi connectivity index (χ4n) is 16.8. The van der Waals surface area contributed by atoms with E-state index in [9.17, 15) is 19.7 Å². The number of furan rings is 1. The number of thiocarbonyl (C=S) groups is 1. The Morgan fingerprint density at radius 1 is 0.643 bits per heavy atom. The highest BCUT2D eigenvalue weighted by molar-refractivity contribution is 7.80. The van der Waals surface area contributed by atoms with Gasteiger partial charge in [-0.15, -0.1) is 5.11 Å². The van der Waals surface area contributed by atoms with Gasteiger partial charge in [0.25, 0.3) is 11.6 Å². The zero-order chi connectivity index (χ0) is 90.7. The maximum Gasteiger partial charge on any atom is 0.293 e. The number of amides is 2. The minimum atomic E-state index is -0.368. The number of guanidine groups is 1. The molecule has 6 aliphatic rings. The molecule has 1 aromatic heterocycles. The van der Waals surface area contributed by atoms with Crippen molar-refractivity contribution in [1.82, 2.24) is 30.7 Å². The number of azo groups is 1. The van der Waals surface area contributed by atoms with Crippen LogP contribution in [0.1, 0.15) is 197 Å². The molecular weight excluding hydrogens is 1650 g/mol. The van der Waals surface area contributed by atoms with Crippen LogP contribution in [0.4, 0.5) is 22.7 Å². The summed E-state index contributed by atoms with van der Waals surface area (Å²) in [4.78, 5) is 48.0. The molecule has 2 saturated carbocycles. The summed E-state index contributed by atoms with van der Waals surface area (Å²) in [5.41, 5.74) is 13.1. The Morgan fingerprint density at radius 3 is 1.91 bits per heavy atom. The van der Waals surface area contributed by atoms with Gasteiger partial charge in [-0.2, -0.15) is 5.11 Å². The number of benzene rings is 9. The third kappa shape index (κ3) is 32.5. The number of anilines is 3.